The highest BCUT2D eigenvalue weighted by Crippen LogP contribution is 2.18. The van der Waals surface area contributed by atoms with Gasteiger partial charge in [-0.05, 0) is 32.9 Å². The zero-order valence-corrected chi connectivity index (χ0v) is 13.8. The quantitative estimate of drug-likeness (QED) is 0.672. The van der Waals surface area contributed by atoms with E-state index < -0.39 is 18.5 Å². The Kier molecular flexibility index (Phi) is 5.23. The Morgan fingerprint density at radius 1 is 1.26 bits per heavy atom. The van der Waals surface area contributed by atoms with Crippen LogP contribution in [-0.4, -0.2) is 29.3 Å². The van der Waals surface area contributed by atoms with Crippen molar-refractivity contribution < 1.29 is 19.1 Å². The number of hydrogen-bond acceptors (Lipinski definition) is 6. The zero-order chi connectivity index (χ0) is 17.0. The van der Waals surface area contributed by atoms with Gasteiger partial charge in [0.2, 0.25) is 0 Å². The lowest BCUT2D eigenvalue weighted by Gasteiger charge is -2.07. The van der Waals surface area contributed by atoms with Gasteiger partial charge in [-0.15, -0.1) is 11.3 Å². The zero-order valence-electron chi connectivity index (χ0n) is 13.0. The molecule has 1 aromatic heterocycles. The number of rotatable bonds is 5. The molecule has 2 rings (SSSR count). The lowest BCUT2D eigenvalue weighted by molar-refractivity contribution is -0.119. The van der Waals surface area contributed by atoms with Gasteiger partial charge in [-0.2, -0.15) is 0 Å². The van der Waals surface area contributed by atoms with Crippen LogP contribution in [-0.2, 0) is 9.53 Å². The summed E-state index contributed by atoms with van der Waals surface area (Å²) in [4.78, 5) is 39.6. The summed E-state index contributed by atoms with van der Waals surface area (Å²) >= 11 is 1.23. The number of nitrogens with zero attached hydrogens (tertiary/aromatic N) is 1. The van der Waals surface area contributed by atoms with Crippen LogP contribution in [0.1, 0.15) is 37.7 Å². The number of amides is 1. The van der Waals surface area contributed by atoms with E-state index in [0.717, 1.165) is 5.01 Å². The molecule has 1 N–H and O–H groups in total. The molecule has 0 aliphatic heterocycles. The van der Waals surface area contributed by atoms with E-state index in [1.807, 2.05) is 0 Å². The van der Waals surface area contributed by atoms with Crippen LogP contribution >= 0.6 is 11.3 Å². The first-order valence-electron chi connectivity index (χ1n) is 6.89. The monoisotopic (exact) mass is 332 g/mol. The van der Waals surface area contributed by atoms with Crippen molar-refractivity contribution in [3.05, 3.63) is 45.4 Å². The Hall–Kier alpha value is -2.54. The normalized spacial score (nSPS) is 10.2. The number of nitrogens with one attached hydrogen (secondary N) is 1. The second kappa shape index (κ2) is 7.15. The third-order valence-corrected chi connectivity index (χ3v) is 4.03. The molecule has 0 aliphatic carbocycles. The maximum atomic E-state index is 11.9. The highest BCUT2D eigenvalue weighted by molar-refractivity contribution is 7.13. The minimum absolute atomic E-state index is 0.0939. The van der Waals surface area contributed by atoms with Crippen molar-refractivity contribution >= 4 is 34.7 Å². The molecular weight excluding hydrogens is 316 g/mol. The van der Waals surface area contributed by atoms with E-state index in [2.05, 4.69) is 10.3 Å². The molecule has 0 saturated heterocycles. The molecule has 7 heteroatoms. The third-order valence-electron chi connectivity index (χ3n) is 2.98. The second-order valence-electron chi connectivity index (χ2n) is 4.91. The van der Waals surface area contributed by atoms with E-state index in [-0.39, 0.29) is 5.78 Å². The molecule has 2 aromatic rings. The average Bonchev–Trinajstić information content (AvgIpc) is 2.84. The first-order chi connectivity index (χ1) is 10.9. The molecule has 1 aromatic carbocycles. The van der Waals surface area contributed by atoms with Crippen LogP contribution in [0.15, 0.2) is 24.3 Å². The summed E-state index contributed by atoms with van der Waals surface area (Å²) in [5.74, 6) is -1.14. The summed E-state index contributed by atoms with van der Waals surface area (Å²) in [5.41, 5.74) is 1.56. The number of ketones is 1. The number of benzene rings is 1. The predicted octanol–water partition coefficient (Wildman–Crippen LogP) is 2.76. The molecule has 0 atom stereocenters. The van der Waals surface area contributed by atoms with Crippen LogP contribution < -0.4 is 5.32 Å². The second-order valence-corrected chi connectivity index (χ2v) is 6.11. The van der Waals surface area contributed by atoms with Gasteiger partial charge in [0, 0.05) is 11.3 Å². The van der Waals surface area contributed by atoms with E-state index >= 15 is 0 Å². The number of esters is 1. The van der Waals surface area contributed by atoms with Gasteiger partial charge < -0.3 is 10.1 Å². The number of ether oxygens (including phenoxy) is 1. The number of Topliss-reactive ketones (excluding diaryl/α,β-unsaturated/α-hetero) is 1. The Bertz CT molecular complexity index is 767. The van der Waals surface area contributed by atoms with Crippen LogP contribution in [0.4, 0.5) is 5.69 Å². The summed E-state index contributed by atoms with van der Waals surface area (Å²) < 4.78 is 4.99. The van der Waals surface area contributed by atoms with Gasteiger partial charge in [-0.25, -0.2) is 9.78 Å². The number of aromatic nitrogens is 1. The van der Waals surface area contributed by atoms with Gasteiger partial charge in [0.15, 0.2) is 12.4 Å². The molecule has 0 radical (unpaired) electrons. The smallest absolute Gasteiger partial charge is 0.350 e. The molecule has 0 fully saturated rings. The molecule has 0 spiro atoms. The number of carbonyl (C=O) groups is 3. The summed E-state index contributed by atoms with van der Waals surface area (Å²) in [6, 6.07) is 6.55. The SMILES string of the molecule is CC(=O)c1cccc(NC(=O)COC(=O)c2sc(C)nc2C)c1. The first-order valence-corrected chi connectivity index (χ1v) is 7.70. The molecule has 1 heterocycles. The summed E-state index contributed by atoms with van der Waals surface area (Å²) in [7, 11) is 0. The van der Waals surface area contributed by atoms with Crippen LogP contribution in [0.3, 0.4) is 0 Å². The number of carbonyl (C=O) groups excluding carboxylic acids is 3. The standard InChI is InChI=1S/C16H16N2O4S/c1-9-15(23-11(3)17-9)16(21)22-8-14(20)18-13-6-4-5-12(7-13)10(2)19/h4-7H,8H2,1-3H3,(H,18,20). The van der Waals surface area contributed by atoms with Gasteiger partial charge in [-0.3, -0.25) is 9.59 Å². The van der Waals surface area contributed by atoms with E-state index in [1.165, 1.54) is 18.3 Å². The lowest BCUT2D eigenvalue weighted by atomic mass is 10.1. The van der Waals surface area contributed by atoms with E-state index in [1.54, 1.807) is 38.1 Å². The van der Waals surface area contributed by atoms with E-state index in [4.69, 9.17) is 4.74 Å². The number of anilines is 1. The lowest BCUT2D eigenvalue weighted by Crippen LogP contribution is -2.21. The van der Waals surface area contributed by atoms with Crippen LogP contribution in [0.2, 0.25) is 0 Å². The van der Waals surface area contributed by atoms with E-state index in [9.17, 15) is 14.4 Å². The van der Waals surface area contributed by atoms with Crippen molar-refractivity contribution in [2.24, 2.45) is 0 Å². The average molecular weight is 332 g/mol. The minimum atomic E-state index is -0.569. The number of aryl methyl sites for hydroxylation is 2. The summed E-state index contributed by atoms with van der Waals surface area (Å²) in [6.07, 6.45) is 0. The van der Waals surface area contributed by atoms with Crippen molar-refractivity contribution in [2.45, 2.75) is 20.8 Å². The fourth-order valence-corrected chi connectivity index (χ4v) is 2.74. The van der Waals surface area contributed by atoms with Gasteiger partial charge in [-0.1, -0.05) is 12.1 Å². The first kappa shape index (κ1) is 16.8. The molecule has 0 saturated carbocycles. The Morgan fingerprint density at radius 3 is 2.61 bits per heavy atom. The molecule has 1 amide bonds. The topological polar surface area (TPSA) is 85.4 Å². The van der Waals surface area contributed by atoms with Gasteiger partial charge >= 0.3 is 5.97 Å². The molecule has 0 bridgehead atoms. The van der Waals surface area contributed by atoms with Gasteiger partial charge in [0.05, 0.1) is 10.7 Å². The van der Waals surface area contributed by atoms with Crippen molar-refractivity contribution in [3.63, 3.8) is 0 Å². The highest BCUT2D eigenvalue weighted by Gasteiger charge is 2.16. The Labute approximate surface area is 137 Å². The van der Waals surface area contributed by atoms with Crippen LogP contribution in [0.5, 0.6) is 0 Å². The van der Waals surface area contributed by atoms with Crippen molar-refractivity contribution in [3.8, 4) is 0 Å². The van der Waals surface area contributed by atoms with Crippen molar-refractivity contribution in [1.82, 2.24) is 4.98 Å². The Balaban J connectivity index is 1.92. The highest BCUT2D eigenvalue weighted by atomic mass is 32.1. The summed E-state index contributed by atoms with van der Waals surface area (Å²) in [6.45, 7) is 4.55. The molecule has 120 valence electrons. The third kappa shape index (κ3) is 4.46. The minimum Gasteiger partial charge on any atom is -0.451 e. The van der Waals surface area contributed by atoms with Gasteiger partial charge in [0.25, 0.3) is 5.91 Å². The fourth-order valence-electron chi connectivity index (χ4n) is 1.93. The van der Waals surface area contributed by atoms with Crippen molar-refractivity contribution in [1.29, 1.82) is 0 Å². The van der Waals surface area contributed by atoms with E-state index in [0.29, 0.717) is 21.8 Å². The van der Waals surface area contributed by atoms with Crippen LogP contribution in [0.25, 0.3) is 0 Å². The number of thiazole rings is 1. The Morgan fingerprint density at radius 2 is 2.00 bits per heavy atom. The molecular formula is C16H16N2O4S. The van der Waals surface area contributed by atoms with Crippen molar-refractivity contribution in [2.75, 3.05) is 11.9 Å². The van der Waals surface area contributed by atoms with Crippen LogP contribution in [0, 0.1) is 13.8 Å². The maximum absolute atomic E-state index is 11.9. The van der Waals surface area contributed by atoms with Gasteiger partial charge in [0.1, 0.15) is 4.88 Å². The predicted molar refractivity (Wildman–Crippen MR) is 86.9 cm³/mol. The molecule has 6 nitrogen and oxygen atoms in total. The molecule has 0 unspecified atom stereocenters. The molecule has 0 aliphatic rings. The molecule has 23 heavy (non-hydrogen) atoms. The largest absolute Gasteiger partial charge is 0.451 e. The maximum Gasteiger partial charge on any atom is 0.350 e. The fraction of sp³-hybridized carbons (Fsp3) is 0.250. The number of hydrogen-bond donors (Lipinski definition) is 1. The summed E-state index contributed by atoms with van der Waals surface area (Å²) in [5, 5.41) is 3.35.